The zero-order valence-electron chi connectivity index (χ0n) is 5.64. The minimum absolute atomic E-state index is 0.0527. The Morgan fingerprint density at radius 1 is 1.89 bits per heavy atom. The summed E-state index contributed by atoms with van der Waals surface area (Å²) in [5.74, 6) is -0.0793. The van der Waals surface area contributed by atoms with Crippen molar-refractivity contribution in [1.29, 1.82) is 0 Å². The minimum Gasteiger partial charge on any atom is -0.391 e. The van der Waals surface area contributed by atoms with Gasteiger partial charge in [0.05, 0.1) is 23.2 Å². The Kier molecular flexibility index (Phi) is 1.70. The monoisotopic (exact) mass is 146 g/mol. The molecule has 3 heteroatoms. The normalized spacial score (nSPS) is 34.7. The SMILES string of the molecule is CCC1(C)CC(=O)OS1. The molecule has 0 bridgehead atoms. The van der Waals surface area contributed by atoms with Gasteiger partial charge in [-0.1, -0.05) is 6.92 Å². The second-order valence-corrected chi connectivity index (χ2v) is 3.84. The van der Waals surface area contributed by atoms with E-state index in [1.165, 1.54) is 12.0 Å². The average Bonchev–Trinajstić information content (AvgIpc) is 2.13. The highest BCUT2D eigenvalue weighted by Gasteiger charge is 2.35. The fourth-order valence-corrected chi connectivity index (χ4v) is 1.34. The summed E-state index contributed by atoms with van der Waals surface area (Å²) in [5, 5.41) is 0. The van der Waals surface area contributed by atoms with Crippen molar-refractivity contribution in [2.45, 2.75) is 31.4 Å². The molecule has 0 aliphatic carbocycles. The second kappa shape index (κ2) is 2.21. The van der Waals surface area contributed by atoms with E-state index in [1.807, 2.05) is 6.92 Å². The van der Waals surface area contributed by atoms with Crippen LogP contribution < -0.4 is 0 Å². The lowest BCUT2D eigenvalue weighted by Crippen LogP contribution is -2.14. The number of rotatable bonds is 1. The van der Waals surface area contributed by atoms with Gasteiger partial charge >= 0.3 is 5.97 Å². The quantitative estimate of drug-likeness (QED) is 0.527. The van der Waals surface area contributed by atoms with Gasteiger partial charge in [-0.15, -0.1) is 0 Å². The number of hydrogen-bond donors (Lipinski definition) is 0. The third-order valence-corrected chi connectivity index (χ3v) is 2.71. The lowest BCUT2D eigenvalue weighted by Gasteiger charge is -2.13. The lowest BCUT2D eigenvalue weighted by atomic mass is 10.0. The molecule has 0 aromatic carbocycles. The van der Waals surface area contributed by atoms with Crippen LogP contribution in [-0.4, -0.2) is 10.7 Å². The molecule has 9 heavy (non-hydrogen) atoms. The highest BCUT2D eigenvalue weighted by atomic mass is 32.2. The molecule has 52 valence electrons. The first-order valence-electron chi connectivity index (χ1n) is 3.05. The highest BCUT2D eigenvalue weighted by Crippen LogP contribution is 2.39. The lowest BCUT2D eigenvalue weighted by molar-refractivity contribution is -0.131. The Bertz CT molecular complexity index is 135. The molecule has 1 rings (SSSR count). The number of carbonyl (C=O) groups is 1. The molecule has 0 amide bonds. The van der Waals surface area contributed by atoms with Crippen molar-refractivity contribution < 1.29 is 8.98 Å². The summed E-state index contributed by atoms with van der Waals surface area (Å²) in [5.41, 5.74) is 0. The van der Waals surface area contributed by atoms with E-state index in [0.717, 1.165) is 6.42 Å². The van der Waals surface area contributed by atoms with Crippen LogP contribution in [-0.2, 0) is 8.98 Å². The molecule has 1 saturated heterocycles. The van der Waals surface area contributed by atoms with Crippen LogP contribution in [0.15, 0.2) is 0 Å². The predicted octanol–water partition coefficient (Wildman–Crippen LogP) is 1.75. The van der Waals surface area contributed by atoms with Crippen LogP contribution >= 0.6 is 12.0 Å². The zero-order valence-corrected chi connectivity index (χ0v) is 6.46. The molecule has 1 aliphatic rings. The van der Waals surface area contributed by atoms with E-state index >= 15 is 0 Å². The molecule has 0 radical (unpaired) electrons. The first kappa shape index (κ1) is 6.93. The minimum atomic E-state index is -0.0793. The summed E-state index contributed by atoms with van der Waals surface area (Å²) < 4.78 is 4.79. The fraction of sp³-hybridized carbons (Fsp3) is 0.833. The second-order valence-electron chi connectivity index (χ2n) is 2.52. The van der Waals surface area contributed by atoms with E-state index in [0.29, 0.717) is 6.42 Å². The maximum atomic E-state index is 10.6. The summed E-state index contributed by atoms with van der Waals surface area (Å²) in [4.78, 5) is 10.6. The summed E-state index contributed by atoms with van der Waals surface area (Å²) in [7, 11) is 0. The molecule has 0 saturated carbocycles. The van der Waals surface area contributed by atoms with Gasteiger partial charge in [0, 0.05) is 0 Å². The summed E-state index contributed by atoms with van der Waals surface area (Å²) in [6.07, 6.45) is 1.55. The van der Waals surface area contributed by atoms with Gasteiger partial charge in [0.25, 0.3) is 0 Å². The van der Waals surface area contributed by atoms with Gasteiger partial charge in [-0.05, 0) is 13.3 Å². The van der Waals surface area contributed by atoms with Gasteiger partial charge in [0.2, 0.25) is 0 Å². The highest BCUT2D eigenvalue weighted by molar-refractivity contribution is 7.96. The maximum Gasteiger partial charge on any atom is 0.319 e. The Morgan fingerprint density at radius 2 is 2.56 bits per heavy atom. The third kappa shape index (κ3) is 1.39. The Balaban J connectivity index is 2.54. The molecule has 1 atom stereocenters. The van der Waals surface area contributed by atoms with E-state index in [1.54, 1.807) is 0 Å². The van der Waals surface area contributed by atoms with Crippen LogP contribution in [0.1, 0.15) is 26.7 Å². The maximum absolute atomic E-state index is 10.6. The van der Waals surface area contributed by atoms with E-state index in [4.69, 9.17) is 4.18 Å². The molecule has 1 fully saturated rings. The Labute approximate surface area is 59.2 Å². The standard InChI is InChI=1S/C6H10O2S/c1-3-6(2)4-5(7)8-9-6/h3-4H2,1-2H3. The summed E-state index contributed by atoms with van der Waals surface area (Å²) in [6.45, 7) is 4.11. The molecular formula is C6H10O2S. The first-order chi connectivity index (χ1) is 4.16. The molecule has 1 unspecified atom stereocenters. The largest absolute Gasteiger partial charge is 0.391 e. The van der Waals surface area contributed by atoms with Gasteiger partial charge in [-0.25, -0.2) is 0 Å². The van der Waals surface area contributed by atoms with Crippen molar-refractivity contribution in [1.82, 2.24) is 0 Å². The first-order valence-corrected chi connectivity index (χ1v) is 3.79. The van der Waals surface area contributed by atoms with Crippen molar-refractivity contribution in [3.8, 4) is 0 Å². The average molecular weight is 146 g/mol. The van der Waals surface area contributed by atoms with E-state index in [-0.39, 0.29) is 10.7 Å². The van der Waals surface area contributed by atoms with Crippen molar-refractivity contribution in [3.05, 3.63) is 0 Å². The van der Waals surface area contributed by atoms with Crippen molar-refractivity contribution in [2.24, 2.45) is 0 Å². The Hall–Kier alpha value is -0.180. The van der Waals surface area contributed by atoms with Crippen molar-refractivity contribution >= 4 is 18.0 Å². The van der Waals surface area contributed by atoms with Gasteiger partial charge < -0.3 is 4.18 Å². The number of carbonyl (C=O) groups excluding carboxylic acids is 1. The molecule has 0 N–H and O–H groups in total. The molecule has 1 aliphatic heterocycles. The van der Waals surface area contributed by atoms with Gasteiger partial charge in [0.15, 0.2) is 0 Å². The van der Waals surface area contributed by atoms with Crippen molar-refractivity contribution in [3.63, 3.8) is 0 Å². The van der Waals surface area contributed by atoms with Gasteiger partial charge in [-0.3, -0.25) is 4.79 Å². The van der Waals surface area contributed by atoms with Gasteiger partial charge in [0.1, 0.15) is 0 Å². The molecule has 0 aromatic heterocycles. The third-order valence-electron chi connectivity index (χ3n) is 1.60. The zero-order chi connectivity index (χ0) is 6.91. The summed E-state index contributed by atoms with van der Waals surface area (Å²) >= 11 is 1.30. The van der Waals surface area contributed by atoms with E-state index in [9.17, 15) is 4.79 Å². The topological polar surface area (TPSA) is 26.3 Å². The van der Waals surface area contributed by atoms with Crippen LogP contribution in [0.4, 0.5) is 0 Å². The van der Waals surface area contributed by atoms with Crippen LogP contribution in [0.5, 0.6) is 0 Å². The van der Waals surface area contributed by atoms with Crippen LogP contribution in [0.2, 0.25) is 0 Å². The van der Waals surface area contributed by atoms with Crippen LogP contribution in [0.3, 0.4) is 0 Å². The van der Waals surface area contributed by atoms with Crippen molar-refractivity contribution in [2.75, 3.05) is 0 Å². The molecular weight excluding hydrogens is 136 g/mol. The number of hydrogen-bond acceptors (Lipinski definition) is 3. The molecule has 0 spiro atoms. The fourth-order valence-electron chi connectivity index (χ4n) is 0.695. The van der Waals surface area contributed by atoms with Crippen LogP contribution in [0.25, 0.3) is 0 Å². The predicted molar refractivity (Wildman–Crippen MR) is 37.0 cm³/mol. The van der Waals surface area contributed by atoms with E-state index < -0.39 is 0 Å². The van der Waals surface area contributed by atoms with E-state index in [2.05, 4.69) is 6.92 Å². The summed E-state index contributed by atoms with van der Waals surface area (Å²) in [6, 6.07) is 0. The van der Waals surface area contributed by atoms with Gasteiger partial charge in [-0.2, -0.15) is 0 Å². The molecule has 0 aromatic rings. The smallest absolute Gasteiger partial charge is 0.319 e. The van der Waals surface area contributed by atoms with Crippen LogP contribution in [0, 0.1) is 0 Å². The Morgan fingerprint density at radius 3 is 2.78 bits per heavy atom. The molecule has 2 nitrogen and oxygen atoms in total. The molecule has 1 heterocycles.